The van der Waals surface area contributed by atoms with Crippen molar-refractivity contribution >= 4 is 17.6 Å². The number of benzene rings is 1. The quantitative estimate of drug-likeness (QED) is 0.902. The molecule has 5 heteroatoms. The van der Waals surface area contributed by atoms with Gasteiger partial charge in [-0.2, -0.15) is 0 Å². The number of carbonyl (C=O) groups is 2. The molecule has 110 valence electrons. The molecule has 3 unspecified atom stereocenters. The first-order valence-electron chi connectivity index (χ1n) is 7.46. The Hall–Kier alpha value is -2.04. The molecule has 21 heavy (non-hydrogen) atoms. The van der Waals surface area contributed by atoms with Crippen LogP contribution >= 0.6 is 0 Å². The third-order valence-electron chi connectivity index (χ3n) is 5.01. The summed E-state index contributed by atoms with van der Waals surface area (Å²) >= 11 is 0. The van der Waals surface area contributed by atoms with Crippen LogP contribution in [0.3, 0.4) is 0 Å². The highest BCUT2D eigenvalue weighted by molar-refractivity contribution is 6.00. The minimum absolute atomic E-state index is 0.0756. The van der Waals surface area contributed by atoms with Crippen molar-refractivity contribution in [2.24, 2.45) is 17.8 Å². The molecule has 0 bridgehead atoms. The van der Waals surface area contributed by atoms with E-state index in [0.29, 0.717) is 23.3 Å². The standard InChI is InChI=1S/C16H17NO4/c18-15(14-9-4-3-5-10(9)14)17-8-13(16(19)20)21-12-7-2-1-6-11(12)17/h1-2,6-7,9-10,13-14H,3-5,8H2,(H,19,20). The zero-order valence-electron chi connectivity index (χ0n) is 11.6. The van der Waals surface area contributed by atoms with Gasteiger partial charge in [-0.3, -0.25) is 4.79 Å². The van der Waals surface area contributed by atoms with Crippen LogP contribution in [-0.2, 0) is 9.59 Å². The third-order valence-corrected chi connectivity index (χ3v) is 5.01. The van der Waals surface area contributed by atoms with E-state index in [4.69, 9.17) is 4.74 Å². The van der Waals surface area contributed by atoms with Gasteiger partial charge in [0.1, 0.15) is 5.75 Å². The van der Waals surface area contributed by atoms with Crippen LogP contribution in [0, 0.1) is 17.8 Å². The number of carboxylic acids is 1. The number of hydrogen-bond acceptors (Lipinski definition) is 3. The maximum atomic E-state index is 12.8. The lowest BCUT2D eigenvalue weighted by atomic mass is 10.1. The predicted octanol–water partition coefficient (Wildman–Crippen LogP) is 1.91. The predicted molar refractivity (Wildman–Crippen MR) is 75.2 cm³/mol. The summed E-state index contributed by atoms with van der Waals surface area (Å²) in [6.45, 7) is 0.0983. The van der Waals surface area contributed by atoms with E-state index in [1.807, 2.05) is 12.1 Å². The molecule has 1 aliphatic heterocycles. The maximum absolute atomic E-state index is 12.8. The van der Waals surface area contributed by atoms with Crippen molar-refractivity contribution in [3.8, 4) is 5.75 Å². The highest BCUT2D eigenvalue weighted by Crippen LogP contribution is 2.58. The number of carbonyl (C=O) groups excluding carboxylic acids is 1. The molecular weight excluding hydrogens is 270 g/mol. The van der Waals surface area contributed by atoms with Gasteiger partial charge in [0.2, 0.25) is 12.0 Å². The van der Waals surface area contributed by atoms with E-state index in [0.717, 1.165) is 12.8 Å². The number of carboxylic acid groups (broad SMARTS) is 1. The van der Waals surface area contributed by atoms with Crippen LogP contribution in [0.1, 0.15) is 19.3 Å². The zero-order valence-corrected chi connectivity index (χ0v) is 11.6. The minimum atomic E-state index is -1.03. The number of para-hydroxylation sites is 2. The van der Waals surface area contributed by atoms with Gasteiger partial charge in [0.15, 0.2) is 0 Å². The first-order valence-corrected chi connectivity index (χ1v) is 7.46. The average Bonchev–Trinajstić information content (AvgIpc) is 2.97. The largest absolute Gasteiger partial charge is 0.478 e. The van der Waals surface area contributed by atoms with E-state index >= 15 is 0 Å². The van der Waals surface area contributed by atoms with Gasteiger partial charge in [-0.1, -0.05) is 18.6 Å². The molecule has 2 fully saturated rings. The second-order valence-corrected chi connectivity index (χ2v) is 6.15. The fourth-order valence-electron chi connectivity index (χ4n) is 3.94. The van der Waals surface area contributed by atoms with E-state index in [1.54, 1.807) is 17.0 Å². The SMILES string of the molecule is O=C(O)C1CN(C(=O)C2C3CCCC32)c2ccccc2O1. The van der Waals surface area contributed by atoms with E-state index in [2.05, 4.69) is 0 Å². The zero-order chi connectivity index (χ0) is 14.6. The fraction of sp³-hybridized carbons (Fsp3) is 0.500. The smallest absolute Gasteiger partial charge is 0.346 e. The third kappa shape index (κ3) is 1.91. The number of rotatable bonds is 2. The average molecular weight is 287 g/mol. The summed E-state index contributed by atoms with van der Waals surface area (Å²) in [5, 5.41) is 9.22. The summed E-state index contributed by atoms with van der Waals surface area (Å²) < 4.78 is 5.47. The van der Waals surface area contributed by atoms with Crippen molar-refractivity contribution in [2.45, 2.75) is 25.4 Å². The van der Waals surface area contributed by atoms with E-state index in [1.165, 1.54) is 6.42 Å². The molecule has 0 aromatic heterocycles. The molecule has 0 saturated heterocycles. The van der Waals surface area contributed by atoms with Gasteiger partial charge in [0, 0.05) is 5.92 Å². The lowest BCUT2D eigenvalue weighted by Gasteiger charge is -2.33. The van der Waals surface area contributed by atoms with Gasteiger partial charge in [-0.25, -0.2) is 4.79 Å². The Labute approximate surface area is 122 Å². The Bertz CT molecular complexity index is 604. The van der Waals surface area contributed by atoms with Crippen LogP contribution in [0.5, 0.6) is 5.75 Å². The van der Waals surface area contributed by atoms with Crippen molar-refractivity contribution in [1.29, 1.82) is 0 Å². The molecule has 1 aromatic rings. The summed E-state index contributed by atoms with van der Waals surface area (Å²) in [6.07, 6.45) is 2.50. The second-order valence-electron chi connectivity index (χ2n) is 6.15. The van der Waals surface area contributed by atoms with Crippen molar-refractivity contribution in [3.63, 3.8) is 0 Å². The van der Waals surface area contributed by atoms with Gasteiger partial charge in [-0.15, -0.1) is 0 Å². The Morgan fingerprint density at radius 3 is 2.62 bits per heavy atom. The molecule has 0 radical (unpaired) electrons. The maximum Gasteiger partial charge on any atom is 0.346 e. The molecule has 1 aromatic carbocycles. The van der Waals surface area contributed by atoms with Crippen molar-refractivity contribution in [2.75, 3.05) is 11.4 Å². The van der Waals surface area contributed by atoms with Crippen LogP contribution in [-0.4, -0.2) is 29.6 Å². The van der Waals surface area contributed by atoms with Crippen LogP contribution < -0.4 is 9.64 Å². The molecule has 2 aliphatic carbocycles. The monoisotopic (exact) mass is 287 g/mol. The topological polar surface area (TPSA) is 66.8 Å². The van der Waals surface area contributed by atoms with Crippen LogP contribution in [0.4, 0.5) is 5.69 Å². The van der Waals surface area contributed by atoms with Crippen LogP contribution in [0.15, 0.2) is 24.3 Å². The summed E-state index contributed by atoms with van der Waals surface area (Å²) in [6, 6.07) is 7.18. The lowest BCUT2D eigenvalue weighted by molar-refractivity contribution is -0.145. The first kappa shape index (κ1) is 12.7. The second kappa shape index (κ2) is 4.48. The van der Waals surface area contributed by atoms with Crippen molar-refractivity contribution in [1.82, 2.24) is 0 Å². The van der Waals surface area contributed by atoms with E-state index < -0.39 is 12.1 Å². The summed E-state index contributed by atoms with van der Waals surface area (Å²) in [5.74, 6) is 0.672. The summed E-state index contributed by atoms with van der Waals surface area (Å²) in [4.78, 5) is 25.7. The van der Waals surface area contributed by atoms with Gasteiger partial charge >= 0.3 is 5.97 Å². The number of hydrogen-bond donors (Lipinski definition) is 1. The molecule has 1 N–H and O–H groups in total. The van der Waals surface area contributed by atoms with Crippen LogP contribution in [0.25, 0.3) is 0 Å². The van der Waals surface area contributed by atoms with E-state index in [-0.39, 0.29) is 18.4 Å². The fourth-order valence-corrected chi connectivity index (χ4v) is 3.94. The molecule has 1 heterocycles. The number of nitrogens with zero attached hydrogens (tertiary/aromatic N) is 1. The Morgan fingerprint density at radius 1 is 1.19 bits per heavy atom. The molecule has 1 amide bonds. The van der Waals surface area contributed by atoms with Gasteiger partial charge in [0.25, 0.3) is 0 Å². The Balaban J connectivity index is 1.64. The molecular formula is C16H17NO4. The molecule has 3 aliphatic rings. The number of ether oxygens (including phenoxy) is 1. The number of fused-ring (bicyclic) bond motifs is 2. The minimum Gasteiger partial charge on any atom is -0.478 e. The van der Waals surface area contributed by atoms with Gasteiger partial charge < -0.3 is 14.7 Å². The molecule has 0 spiro atoms. The Kier molecular flexibility index (Phi) is 2.71. The highest BCUT2D eigenvalue weighted by Gasteiger charge is 2.58. The number of amides is 1. The molecule has 4 rings (SSSR count). The van der Waals surface area contributed by atoms with Gasteiger partial charge in [-0.05, 0) is 36.8 Å². The summed E-state index contributed by atoms with van der Waals surface area (Å²) in [5.41, 5.74) is 0.699. The summed E-state index contributed by atoms with van der Waals surface area (Å²) in [7, 11) is 0. The van der Waals surface area contributed by atoms with Crippen molar-refractivity contribution in [3.05, 3.63) is 24.3 Å². The number of aliphatic carboxylic acids is 1. The molecule has 2 saturated carbocycles. The van der Waals surface area contributed by atoms with E-state index in [9.17, 15) is 14.7 Å². The van der Waals surface area contributed by atoms with Crippen molar-refractivity contribution < 1.29 is 19.4 Å². The molecule has 5 nitrogen and oxygen atoms in total. The lowest BCUT2D eigenvalue weighted by Crippen LogP contribution is -2.48. The highest BCUT2D eigenvalue weighted by atomic mass is 16.5. The first-order chi connectivity index (χ1) is 10.2. The normalized spacial score (nSPS) is 32.9. The van der Waals surface area contributed by atoms with Gasteiger partial charge in [0.05, 0.1) is 12.2 Å². The molecule has 3 atom stereocenters. The Morgan fingerprint density at radius 2 is 1.90 bits per heavy atom. The number of anilines is 1. The van der Waals surface area contributed by atoms with Crippen LogP contribution in [0.2, 0.25) is 0 Å².